The standard InChI is InChI=1S/C7H15N3O3/c1-9-4-6(11)10-3-2-5(8)7(12)13/h5,9H,2-4,8H2,1H3,(H,10,11)(H,12,13). The van der Waals surface area contributed by atoms with Crippen molar-refractivity contribution in [3.8, 4) is 0 Å². The number of rotatable bonds is 6. The highest BCUT2D eigenvalue weighted by Crippen LogP contribution is 1.85. The van der Waals surface area contributed by atoms with Gasteiger partial charge < -0.3 is 21.5 Å². The van der Waals surface area contributed by atoms with Crippen molar-refractivity contribution in [1.29, 1.82) is 0 Å². The van der Waals surface area contributed by atoms with E-state index in [2.05, 4.69) is 10.6 Å². The number of hydrogen-bond donors (Lipinski definition) is 4. The fourth-order valence-corrected chi connectivity index (χ4v) is 0.714. The normalized spacial score (nSPS) is 12.2. The number of carboxylic acids is 1. The van der Waals surface area contributed by atoms with Crippen LogP contribution in [-0.4, -0.2) is 43.2 Å². The zero-order valence-electron chi connectivity index (χ0n) is 7.54. The molecule has 0 rings (SSSR count). The minimum atomic E-state index is -1.05. The summed E-state index contributed by atoms with van der Waals surface area (Å²) >= 11 is 0. The van der Waals surface area contributed by atoms with Crippen LogP contribution in [0.2, 0.25) is 0 Å². The van der Waals surface area contributed by atoms with E-state index in [1.807, 2.05) is 0 Å². The molecule has 0 bridgehead atoms. The Bertz CT molecular complexity index is 184. The van der Waals surface area contributed by atoms with Crippen molar-refractivity contribution in [3.63, 3.8) is 0 Å². The number of hydrogen-bond acceptors (Lipinski definition) is 4. The van der Waals surface area contributed by atoms with Crippen LogP contribution >= 0.6 is 0 Å². The minimum absolute atomic E-state index is 0.167. The number of aliphatic carboxylic acids is 1. The van der Waals surface area contributed by atoms with Crippen molar-refractivity contribution in [2.45, 2.75) is 12.5 Å². The third kappa shape index (κ3) is 6.06. The lowest BCUT2D eigenvalue weighted by molar-refractivity contribution is -0.138. The SMILES string of the molecule is CNCC(=O)NCCC(N)C(=O)O. The third-order valence-corrected chi connectivity index (χ3v) is 1.43. The number of nitrogens with one attached hydrogen (secondary N) is 2. The van der Waals surface area contributed by atoms with Crippen molar-refractivity contribution < 1.29 is 14.7 Å². The van der Waals surface area contributed by atoms with E-state index in [1.54, 1.807) is 7.05 Å². The second-order valence-electron chi connectivity index (χ2n) is 2.61. The highest BCUT2D eigenvalue weighted by atomic mass is 16.4. The van der Waals surface area contributed by atoms with E-state index in [4.69, 9.17) is 10.8 Å². The maximum Gasteiger partial charge on any atom is 0.320 e. The monoisotopic (exact) mass is 189 g/mol. The Balaban J connectivity index is 3.44. The molecule has 1 unspecified atom stereocenters. The largest absolute Gasteiger partial charge is 0.480 e. The predicted octanol–water partition coefficient (Wildman–Crippen LogP) is -1.88. The topological polar surface area (TPSA) is 104 Å². The number of likely N-dealkylation sites (N-methyl/N-ethyl adjacent to an activating group) is 1. The van der Waals surface area contributed by atoms with Gasteiger partial charge in [-0.15, -0.1) is 0 Å². The first kappa shape index (κ1) is 11.9. The van der Waals surface area contributed by atoms with Crippen LogP contribution < -0.4 is 16.4 Å². The molecule has 6 heteroatoms. The summed E-state index contributed by atoms with van der Waals surface area (Å²) in [7, 11) is 1.66. The first-order valence-corrected chi connectivity index (χ1v) is 3.97. The first-order valence-electron chi connectivity index (χ1n) is 3.97. The summed E-state index contributed by atoms with van der Waals surface area (Å²) in [6.45, 7) is 0.510. The fraction of sp³-hybridized carbons (Fsp3) is 0.714. The fourth-order valence-electron chi connectivity index (χ4n) is 0.714. The van der Waals surface area contributed by atoms with Crippen LogP contribution in [0, 0.1) is 0 Å². The quantitative estimate of drug-likeness (QED) is 0.391. The Kier molecular flexibility index (Phi) is 5.82. The maximum atomic E-state index is 10.8. The van der Waals surface area contributed by atoms with Crippen molar-refractivity contribution in [2.75, 3.05) is 20.1 Å². The van der Waals surface area contributed by atoms with Crippen molar-refractivity contribution in [1.82, 2.24) is 10.6 Å². The summed E-state index contributed by atoms with van der Waals surface area (Å²) in [6.07, 6.45) is 0.241. The van der Waals surface area contributed by atoms with E-state index < -0.39 is 12.0 Å². The molecule has 0 aliphatic carbocycles. The second-order valence-corrected chi connectivity index (χ2v) is 2.61. The Morgan fingerprint density at radius 3 is 2.62 bits per heavy atom. The zero-order valence-corrected chi connectivity index (χ0v) is 7.54. The van der Waals surface area contributed by atoms with Gasteiger partial charge in [-0.1, -0.05) is 0 Å². The van der Waals surface area contributed by atoms with Gasteiger partial charge in [0.1, 0.15) is 6.04 Å². The van der Waals surface area contributed by atoms with Gasteiger partial charge in [0.25, 0.3) is 0 Å². The van der Waals surface area contributed by atoms with Crippen LogP contribution in [0.4, 0.5) is 0 Å². The number of carbonyl (C=O) groups is 2. The molecule has 0 aromatic rings. The minimum Gasteiger partial charge on any atom is -0.480 e. The Hall–Kier alpha value is -1.14. The molecule has 13 heavy (non-hydrogen) atoms. The Morgan fingerprint density at radius 2 is 2.15 bits per heavy atom. The molecule has 76 valence electrons. The highest BCUT2D eigenvalue weighted by Gasteiger charge is 2.10. The van der Waals surface area contributed by atoms with Crippen LogP contribution in [0.15, 0.2) is 0 Å². The molecule has 0 radical (unpaired) electrons. The van der Waals surface area contributed by atoms with Gasteiger partial charge in [0.15, 0.2) is 0 Å². The summed E-state index contributed by atoms with van der Waals surface area (Å²) in [5.74, 6) is -1.22. The van der Waals surface area contributed by atoms with Crippen molar-refractivity contribution >= 4 is 11.9 Å². The molecule has 0 saturated heterocycles. The molecule has 5 N–H and O–H groups in total. The van der Waals surface area contributed by atoms with Gasteiger partial charge in [0, 0.05) is 6.54 Å². The van der Waals surface area contributed by atoms with E-state index in [0.29, 0.717) is 0 Å². The maximum absolute atomic E-state index is 10.8. The molecular formula is C7H15N3O3. The van der Waals surface area contributed by atoms with Gasteiger partial charge in [-0.3, -0.25) is 9.59 Å². The molecule has 0 saturated carbocycles. The molecule has 0 spiro atoms. The zero-order chi connectivity index (χ0) is 10.3. The second kappa shape index (κ2) is 6.38. The van der Waals surface area contributed by atoms with Gasteiger partial charge in [-0.25, -0.2) is 0 Å². The van der Waals surface area contributed by atoms with Gasteiger partial charge in [0.05, 0.1) is 6.54 Å². The van der Waals surface area contributed by atoms with Crippen LogP contribution in [0.3, 0.4) is 0 Å². The average Bonchev–Trinajstić information content (AvgIpc) is 2.04. The van der Waals surface area contributed by atoms with E-state index in [9.17, 15) is 9.59 Å². The lowest BCUT2D eigenvalue weighted by Crippen LogP contribution is -2.37. The van der Waals surface area contributed by atoms with Gasteiger partial charge >= 0.3 is 5.97 Å². The lowest BCUT2D eigenvalue weighted by atomic mass is 10.2. The van der Waals surface area contributed by atoms with Crippen LogP contribution in [-0.2, 0) is 9.59 Å². The molecule has 0 aromatic carbocycles. The molecule has 0 aliphatic heterocycles. The number of carbonyl (C=O) groups excluding carboxylic acids is 1. The summed E-state index contributed by atoms with van der Waals surface area (Å²) < 4.78 is 0. The Labute approximate surface area is 76.5 Å². The third-order valence-electron chi connectivity index (χ3n) is 1.43. The average molecular weight is 189 g/mol. The number of amides is 1. The van der Waals surface area contributed by atoms with E-state index in [1.165, 1.54) is 0 Å². The molecule has 0 aliphatic rings. The van der Waals surface area contributed by atoms with E-state index >= 15 is 0 Å². The van der Waals surface area contributed by atoms with E-state index in [0.717, 1.165) is 0 Å². The number of carboxylic acid groups (broad SMARTS) is 1. The summed E-state index contributed by atoms with van der Waals surface area (Å²) in [5, 5.41) is 13.6. The Morgan fingerprint density at radius 1 is 1.54 bits per heavy atom. The van der Waals surface area contributed by atoms with Crippen LogP contribution in [0.25, 0.3) is 0 Å². The molecule has 0 heterocycles. The van der Waals surface area contributed by atoms with Crippen LogP contribution in [0.5, 0.6) is 0 Å². The first-order chi connectivity index (χ1) is 6.07. The molecule has 0 aromatic heterocycles. The summed E-state index contributed by atoms with van der Waals surface area (Å²) in [6, 6.07) is -0.908. The number of nitrogens with two attached hydrogens (primary N) is 1. The van der Waals surface area contributed by atoms with Gasteiger partial charge in [-0.05, 0) is 13.5 Å². The summed E-state index contributed by atoms with van der Waals surface area (Å²) in [4.78, 5) is 21.1. The van der Waals surface area contributed by atoms with Crippen LogP contribution in [0.1, 0.15) is 6.42 Å². The summed E-state index contributed by atoms with van der Waals surface area (Å²) in [5.41, 5.74) is 5.21. The lowest BCUT2D eigenvalue weighted by Gasteiger charge is -2.07. The van der Waals surface area contributed by atoms with Gasteiger partial charge in [0.2, 0.25) is 5.91 Å². The molecule has 1 amide bonds. The molecule has 0 fully saturated rings. The predicted molar refractivity (Wildman–Crippen MR) is 47.2 cm³/mol. The van der Waals surface area contributed by atoms with Gasteiger partial charge in [-0.2, -0.15) is 0 Å². The van der Waals surface area contributed by atoms with Crippen molar-refractivity contribution in [3.05, 3.63) is 0 Å². The van der Waals surface area contributed by atoms with Crippen molar-refractivity contribution in [2.24, 2.45) is 5.73 Å². The highest BCUT2D eigenvalue weighted by molar-refractivity contribution is 5.78. The smallest absolute Gasteiger partial charge is 0.320 e. The van der Waals surface area contributed by atoms with E-state index in [-0.39, 0.29) is 25.4 Å². The molecule has 6 nitrogen and oxygen atoms in total. The molecular weight excluding hydrogens is 174 g/mol. The molecule has 1 atom stereocenters.